The second-order valence-electron chi connectivity index (χ2n) is 5.76. The van der Waals surface area contributed by atoms with Gasteiger partial charge in [-0.2, -0.15) is 14.9 Å². The summed E-state index contributed by atoms with van der Waals surface area (Å²) in [5, 5.41) is 25.4. The van der Waals surface area contributed by atoms with E-state index in [4.69, 9.17) is 5.26 Å². The molecule has 0 bridgehead atoms. The lowest BCUT2D eigenvalue weighted by molar-refractivity contribution is -0.116. The SMILES string of the molecule is N#Cc1cccc(NC(=O)CCc2nn3c(C4CC4)nnc3s2)c1. The molecule has 1 aliphatic carbocycles. The third-order valence-electron chi connectivity index (χ3n) is 3.84. The van der Waals surface area contributed by atoms with Gasteiger partial charge in [0, 0.05) is 24.4 Å². The minimum absolute atomic E-state index is 0.0986. The molecule has 1 aromatic carbocycles. The summed E-state index contributed by atoms with van der Waals surface area (Å²) in [6, 6.07) is 8.93. The molecule has 0 radical (unpaired) electrons. The van der Waals surface area contributed by atoms with Crippen molar-refractivity contribution >= 4 is 27.9 Å². The van der Waals surface area contributed by atoms with Gasteiger partial charge in [0.15, 0.2) is 5.82 Å². The summed E-state index contributed by atoms with van der Waals surface area (Å²) in [5.74, 6) is 1.33. The van der Waals surface area contributed by atoms with E-state index in [0.717, 1.165) is 28.6 Å². The van der Waals surface area contributed by atoms with E-state index in [1.165, 1.54) is 11.3 Å². The van der Waals surface area contributed by atoms with Gasteiger partial charge >= 0.3 is 0 Å². The molecular weight excluding hydrogens is 324 g/mol. The smallest absolute Gasteiger partial charge is 0.234 e. The molecule has 0 saturated heterocycles. The Morgan fingerprint density at radius 2 is 2.29 bits per heavy atom. The molecule has 3 aromatic rings. The van der Waals surface area contributed by atoms with Crippen LogP contribution in [0.25, 0.3) is 4.96 Å². The zero-order valence-corrected chi connectivity index (χ0v) is 13.6. The Morgan fingerprint density at radius 1 is 1.42 bits per heavy atom. The maximum absolute atomic E-state index is 12.1. The number of benzene rings is 1. The molecule has 1 amide bonds. The van der Waals surface area contributed by atoms with E-state index in [0.29, 0.717) is 30.0 Å². The highest BCUT2D eigenvalue weighted by molar-refractivity contribution is 7.16. The number of nitriles is 1. The number of nitrogens with one attached hydrogen (secondary N) is 1. The van der Waals surface area contributed by atoms with E-state index in [1.54, 1.807) is 24.3 Å². The first-order valence-corrected chi connectivity index (χ1v) is 8.55. The number of nitrogens with zero attached hydrogens (tertiary/aromatic N) is 5. The molecule has 7 nitrogen and oxygen atoms in total. The summed E-state index contributed by atoms with van der Waals surface area (Å²) in [6.45, 7) is 0. The highest BCUT2D eigenvalue weighted by Crippen LogP contribution is 2.39. The average Bonchev–Trinajstić information content (AvgIpc) is 3.22. The van der Waals surface area contributed by atoms with Crippen LogP contribution in [0, 0.1) is 11.3 Å². The van der Waals surface area contributed by atoms with Gasteiger partial charge < -0.3 is 5.32 Å². The fourth-order valence-corrected chi connectivity index (χ4v) is 3.32. The molecule has 4 rings (SSSR count). The highest BCUT2D eigenvalue weighted by Gasteiger charge is 2.30. The standard InChI is InChI=1S/C16H14N6OS/c17-9-10-2-1-3-12(8-10)18-13(23)6-7-14-21-22-15(11-4-5-11)19-20-16(22)24-14/h1-3,8,11H,4-7H2,(H,18,23). The van der Waals surface area contributed by atoms with Crippen LogP contribution in [0.4, 0.5) is 5.69 Å². The van der Waals surface area contributed by atoms with Crippen LogP contribution in [0.1, 0.15) is 41.6 Å². The highest BCUT2D eigenvalue weighted by atomic mass is 32.1. The van der Waals surface area contributed by atoms with Gasteiger partial charge in [-0.25, -0.2) is 0 Å². The minimum atomic E-state index is -0.0986. The van der Waals surface area contributed by atoms with Gasteiger partial charge in [0.25, 0.3) is 0 Å². The number of amides is 1. The number of aryl methyl sites for hydroxylation is 1. The number of carbonyl (C=O) groups is 1. The van der Waals surface area contributed by atoms with Crippen molar-refractivity contribution in [2.75, 3.05) is 5.32 Å². The number of rotatable bonds is 5. The van der Waals surface area contributed by atoms with Crippen molar-refractivity contribution < 1.29 is 4.79 Å². The molecule has 1 fully saturated rings. The van der Waals surface area contributed by atoms with Crippen LogP contribution in [0.2, 0.25) is 0 Å². The van der Waals surface area contributed by atoms with Crippen LogP contribution in [-0.4, -0.2) is 25.7 Å². The molecule has 0 aliphatic heterocycles. The van der Waals surface area contributed by atoms with Gasteiger partial charge in [-0.15, -0.1) is 10.2 Å². The first-order valence-electron chi connectivity index (χ1n) is 7.74. The molecule has 0 unspecified atom stereocenters. The van der Waals surface area contributed by atoms with E-state index in [9.17, 15) is 4.79 Å². The lowest BCUT2D eigenvalue weighted by atomic mass is 10.2. The molecule has 2 aromatic heterocycles. The molecule has 8 heteroatoms. The number of fused-ring (bicyclic) bond motifs is 1. The van der Waals surface area contributed by atoms with Gasteiger partial charge in [0.2, 0.25) is 10.9 Å². The van der Waals surface area contributed by atoms with Crippen molar-refractivity contribution in [2.45, 2.75) is 31.6 Å². The summed E-state index contributed by atoms with van der Waals surface area (Å²) in [5.41, 5.74) is 1.15. The summed E-state index contributed by atoms with van der Waals surface area (Å²) in [7, 11) is 0. The number of aromatic nitrogens is 4. The number of hydrogen-bond acceptors (Lipinski definition) is 6. The second kappa shape index (κ2) is 6.02. The molecule has 24 heavy (non-hydrogen) atoms. The Bertz CT molecular complexity index is 949. The van der Waals surface area contributed by atoms with Crippen molar-refractivity contribution in [1.82, 2.24) is 19.8 Å². The molecule has 2 heterocycles. The Balaban J connectivity index is 1.39. The Hall–Kier alpha value is -2.79. The molecule has 1 N–H and O–H groups in total. The lowest BCUT2D eigenvalue weighted by Crippen LogP contribution is -2.12. The number of hydrogen-bond donors (Lipinski definition) is 1. The topological polar surface area (TPSA) is 96.0 Å². The van der Waals surface area contributed by atoms with Crippen LogP contribution in [0.3, 0.4) is 0 Å². The van der Waals surface area contributed by atoms with E-state index in [2.05, 4.69) is 26.7 Å². The molecule has 0 atom stereocenters. The number of carbonyl (C=O) groups excluding carboxylic acids is 1. The van der Waals surface area contributed by atoms with Crippen LogP contribution >= 0.6 is 11.3 Å². The molecule has 1 aliphatic rings. The van der Waals surface area contributed by atoms with Gasteiger partial charge in [-0.3, -0.25) is 4.79 Å². The monoisotopic (exact) mass is 338 g/mol. The zero-order chi connectivity index (χ0) is 16.5. The fraction of sp³-hybridized carbons (Fsp3) is 0.312. The molecule has 0 spiro atoms. The maximum atomic E-state index is 12.1. The zero-order valence-electron chi connectivity index (χ0n) is 12.8. The van der Waals surface area contributed by atoms with Gasteiger partial charge in [-0.1, -0.05) is 17.4 Å². The lowest BCUT2D eigenvalue weighted by Gasteiger charge is -2.04. The average molecular weight is 338 g/mol. The first kappa shape index (κ1) is 14.8. The first-order chi connectivity index (χ1) is 11.7. The predicted molar refractivity (Wildman–Crippen MR) is 88.7 cm³/mol. The minimum Gasteiger partial charge on any atom is -0.326 e. The van der Waals surface area contributed by atoms with Crippen LogP contribution in [-0.2, 0) is 11.2 Å². The van der Waals surface area contributed by atoms with E-state index in [1.807, 2.05) is 4.52 Å². The van der Waals surface area contributed by atoms with Crippen molar-refractivity contribution in [1.29, 1.82) is 5.26 Å². The quantitative estimate of drug-likeness (QED) is 0.771. The maximum Gasteiger partial charge on any atom is 0.234 e. The van der Waals surface area contributed by atoms with Gasteiger partial charge in [0.05, 0.1) is 11.6 Å². The van der Waals surface area contributed by atoms with Gasteiger partial charge in [-0.05, 0) is 31.0 Å². The van der Waals surface area contributed by atoms with Crippen LogP contribution in [0.5, 0.6) is 0 Å². The Labute approximate surface area is 141 Å². The fourth-order valence-electron chi connectivity index (χ4n) is 2.48. The van der Waals surface area contributed by atoms with Crippen molar-refractivity contribution in [3.63, 3.8) is 0 Å². The predicted octanol–water partition coefficient (Wildman–Crippen LogP) is 2.51. The molecule has 1 saturated carbocycles. The Kier molecular flexibility index (Phi) is 3.70. The summed E-state index contributed by atoms with van der Waals surface area (Å²) < 4.78 is 1.81. The summed E-state index contributed by atoms with van der Waals surface area (Å²) in [4.78, 5) is 12.9. The van der Waals surface area contributed by atoms with Crippen molar-refractivity contribution in [2.24, 2.45) is 0 Å². The Morgan fingerprint density at radius 3 is 3.08 bits per heavy atom. The summed E-state index contributed by atoms with van der Waals surface area (Å²) in [6.07, 6.45) is 3.19. The third kappa shape index (κ3) is 2.98. The normalized spacial score (nSPS) is 13.8. The number of anilines is 1. The van der Waals surface area contributed by atoms with Crippen molar-refractivity contribution in [3.8, 4) is 6.07 Å². The van der Waals surface area contributed by atoms with Gasteiger partial charge in [0.1, 0.15) is 5.01 Å². The third-order valence-corrected chi connectivity index (χ3v) is 4.80. The van der Waals surface area contributed by atoms with E-state index < -0.39 is 0 Å². The van der Waals surface area contributed by atoms with E-state index >= 15 is 0 Å². The summed E-state index contributed by atoms with van der Waals surface area (Å²) >= 11 is 1.47. The van der Waals surface area contributed by atoms with Crippen LogP contribution < -0.4 is 5.32 Å². The second-order valence-corrected chi connectivity index (χ2v) is 6.80. The molecular formula is C16H14N6OS. The van der Waals surface area contributed by atoms with E-state index in [-0.39, 0.29) is 5.91 Å². The largest absolute Gasteiger partial charge is 0.326 e. The molecule has 120 valence electrons. The van der Waals surface area contributed by atoms with Crippen LogP contribution in [0.15, 0.2) is 24.3 Å². The van der Waals surface area contributed by atoms with Crippen molar-refractivity contribution in [3.05, 3.63) is 40.7 Å².